The lowest BCUT2D eigenvalue weighted by atomic mass is 10.2. The van der Waals surface area contributed by atoms with Crippen LogP contribution in [0.5, 0.6) is 0 Å². The molecule has 2 aromatic rings. The molecule has 0 atom stereocenters. The minimum absolute atomic E-state index is 0.280. The Morgan fingerprint density at radius 2 is 1.90 bits per heavy atom. The second-order valence-corrected chi connectivity index (χ2v) is 5.17. The normalized spacial score (nSPS) is 11.0. The van der Waals surface area contributed by atoms with Gasteiger partial charge in [-0.15, -0.1) is 0 Å². The van der Waals surface area contributed by atoms with E-state index in [2.05, 4.69) is 23.7 Å². The van der Waals surface area contributed by atoms with Crippen molar-refractivity contribution in [3.8, 4) is 0 Å². The number of carboxylic acids is 1. The van der Waals surface area contributed by atoms with Crippen LogP contribution in [0.2, 0.25) is 0 Å². The first-order valence-corrected chi connectivity index (χ1v) is 7.61. The quantitative estimate of drug-likeness (QED) is 0.850. The maximum atomic E-state index is 11.5. The second-order valence-electron chi connectivity index (χ2n) is 5.17. The van der Waals surface area contributed by atoms with E-state index >= 15 is 0 Å². The Labute approximate surface area is 125 Å². The number of imidazole rings is 1. The molecule has 5 heteroatoms. The van der Waals surface area contributed by atoms with Gasteiger partial charge in [0.2, 0.25) is 0 Å². The van der Waals surface area contributed by atoms with Gasteiger partial charge in [0.1, 0.15) is 5.65 Å². The molecular formula is C16H23N3O2. The second kappa shape index (κ2) is 6.61. The van der Waals surface area contributed by atoms with E-state index in [1.165, 1.54) is 0 Å². The summed E-state index contributed by atoms with van der Waals surface area (Å²) in [5.74, 6) is -0.922. The largest absolute Gasteiger partial charge is 0.477 e. The Hall–Kier alpha value is -2.04. The van der Waals surface area contributed by atoms with E-state index in [1.54, 1.807) is 4.40 Å². The van der Waals surface area contributed by atoms with Crippen LogP contribution in [0.15, 0.2) is 18.3 Å². The summed E-state index contributed by atoms with van der Waals surface area (Å²) in [7, 11) is 0. The number of carboxylic acid groups (broad SMARTS) is 1. The van der Waals surface area contributed by atoms with Crippen molar-refractivity contribution in [3.05, 3.63) is 29.7 Å². The highest BCUT2D eigenvalue weighted by Gasteiger charge is 2.18. The highest BCUT2D eigenvalue weighted by Crippen LogP contribution is 2.20. The summed E-state index contributed by atoms with van der Waals surface area (Å²) in [5.41, 5.74) is 2.66. The Balaban J connectivity index is 2.53. The third-order valence-corrected chi connectivity index (χ3v) is 3.56. The maximum Gasteiger partial charge on any atom is 0.354 e. The summed E-state index contributed by atoms with van der Waals surface area (Å²) >= 11 is 0. The van der Waals surface area contributed by atoms with E-state index < -0.39 is 5.97 Å². The average Bonchev–Trinajstić information content (AvgIpc) is 2.84. The first-order valence-electron chi connectivity index (χ1n) is 7.61. The molecule has 5 nitrogen and oxygen atoms in total. The summed E-state index contributed by atoms with van der Waals surface area (Å²) in [6, 6.07) is 3.93. The minimum atomic E-state index is -0.922. The molecule has 0 aliphatic rings. The fourth-order valence-electron chi connectivity index (χ4n) is 2.65. The average molecular weight is 289 g/mol. The smallest absolute Gasteiger partial charge is 0.354 e. The zero-order valence-corrected chi connectivity index (χ0v) is 13.0. The van der Waals surface area contributed by atoms with Crippen LogP contribution in [0, 0.1) is 0 Å². The highest BCUT2D eigenvalue weighted by atomic mass is 16.4. The first kappa shape index (κ1) is 15.4. The molecule has 0 aromatic carbocycles. The van der Waals surface area contributed by atoms with Crippen molar-refractivity contribution in [2.75, 3.05) is 18.0 Å². The Morgan fingerprint density at radius 1 is 1.24 bits per heavy atom. The van der Waals surface area contributed by atoms with Crippen molar-refractivity contribution in [1.29, 1.82) is 0 Å². The molecule has 0 aliphatic heterocycles. The number of pyridine rings is 1. The Morgan fingerprint density at radius 3 is 2.43 bits per heavy atom. The number of carbonyl (C=O) groups is 1. The molecule has 2 rings (SSSR count). The van der Waals surface area contributed by atoms with Gasteiger partial charge < -0.3 is 10.0 Å². The molecule has 1 N–H and O–H groups in total. The van der Waals surface area contributed by atoms with Gasteiger partial charge in [-0.1, -0.05) is 20.8 Å². The summed E-state index contributed by atoms with van der Waals surface area (Å²) in [6.07, 6.45) is 4.64. The monoisotopic (exact) mass is 289 g/mol. The van der Waals surface area contributed by atoms with Gasteiger partial charge in [-0.25, -0.2) is 9.78 Å². The van der Waals surface area contributed by atoms with Crippen LogP contribution in [0.25, 0.3) is 5.65 Å². The van der Waals surface area contributed by atoms with Gasteiger partial charge >= 0.3 is 5.97 Å². The van der Waals surface area contributed by atoms with Crippen LogP contribution in [0.1, 0.15) is 49.8 Å². The molecule has 0 fully saturated rings. The maximum absolute atomic E-state index is 11.5. The van der Waals surface area contributed by atoms with Crippen LogP contribution >= 0.6 is 0 Å². The van der Waals surface area contributed by atoms with Crippen molar-refractivity contribution < 1.29 is 9.90 Å². The molecule has 2 heterocycles. The van der Waals surface area contributed by atoms with E-state index in [-0.39, 0.29) is 5.69 Å². The molecule has 0 aliphatic carbocycles. The standard InChI is InChI=1S/C16H23N3O2/c1-4-9-18(10-5-2)12-7-8-14-17-13(6-3)15(16(20)21)19(14)11-12/h7-8,11H,4-6,9-10H2,1-3H3,(H,20,21). The molecule has 114 valence electrons. The molecule has 0 bridgehead atoms. The number of aromatic nitrogens is 2. The third kappa shape index (κ3) is 3.01. The number of anilines is 1. The zero-order chi connectivity index (χ0) is 15.4. The van der Waals surface area contributed by atoms with Gasteiger partial charge in [0.25, 0.3) is 0 Å². The Bertz CT molecular complexity index is 628. The van der Waals surface area contributed by atoms with Gasteiger partial charge in [0, 0.05) is 19.3 Å². The summed E-state index contributed by atoms with van der Waals surface area (Å²) < 4.78 is 1.70. The molecule has 0 saturated heterocycles. The molecule has 21 heavy (non-hydrogen) atoms. The predicted octanol–water partition coefficient (Wildman–Crippen LogP) is 3.22. The van der Waals surface area contributed by atoms with Crippen LogP contribution in [-0.4, -0.2) is 33.6 Å². The van der Waals surface area contributed by atoms with Gasteiger partial charge in [-0.05, 0) is 31.4 Å². The molecule has 0 saturated carbocycles. The molecular weight excluding hydrogens is 266 g/mol. The molecule has 2 aromatic heterocycles. The lowest BCUT2D eigenvalue weighted by Crippen LogP contribution is -2.25. The van der Waals surface area contributed by atoms with Gasteiger partial charge in [0.15, 0.2) is 5.69 Å². The van der Waals surface area contributed by atoms with E-state index in [4.69, 9.17) is 0 Å². The van der Waals surface area contributed by atoms with Crippen LogP contribution in [-0.2, 0) is 6.42 Å². The highest BCUT2D eigenvalue weighted by molar-refractivity contribution is 5.88. The van der Waals surface area contributed by atoms with Crippen LogP contribution < -0.4 is 4.90 Å². The summed E-state index contributed by atoms with van der Waals surface area (Å²) in [4.78, 5) is 18.2. The summed E-state index contributed by atoms with van der Waals surface area (Å²) in [6.45, 7) is 8.16. The van der Waals surface area contributed by atoms with E-state index in [1.807, 2.05) is 25.3 Å². The molecule has 0 radical (unpaired) electrons. The first-order chi connectivity index (χ1) is 10.1. The van der Waals surface area contributed by atoms with Gasteiger partial charge in [-0.2, -0.15) is 0 Å². The zero-order valence-electron chi connectivity index (χ0n) is 13.0. The number of hydrogen-bond donors (Lipinski definition) is 1. The lowest BCUT2D eigenvalue weighted by Gasteiger charge is -2.23. The van der Waals surface area contributed by atoms with Gasteiger partial charge in [0.05, 0.1) is 11.4 Å². The van der Waals surface area contributed by atoms with E-state index in [9.17, 15) is 9.90 Å². The number of aryl methyl sites for hydroxylation is 1. The lowest BCUT2D eigenvalue weighted by molar-refractivity contribution is 0.0688. The Kier molecular flexibility index (Phi) is 4.83. The minimum Gasteiger partial charge on any atom is -0.477 e. The fraction of sp³-hybridized carbons (Fsp3) is 0.500. The molecule has 0 spiro atoms. The SMILES string of the molecule is CCCN(CCC)c1ccc2nc(CC)c(C(=O)O)n2c1. The van der Waals surface area contributed by atoms with Gasteiger partial charge in [-0.3, -0.25) is 4.40 Å². The third-order valence-electron chi connectivity index (χ3n) is 3.56. The van der Waals surface area contributed by atoms with Crippen molar-refractivity contribution in [2.24, 2.45) is 0 Å². The topological polar surface area (TPSA) is 57.8 Å². The fourth-order valence-corrected chi connectivity index (χ4v) is 2.65. The van der Waals surface area contributed by atoms with Crippen molar-refractivity contribution in [3.63, 3.8) is 0 Å². The number of fused-ring (bicyclic) bond motifs is 1. The predicted molar refractivity (Wildman–Crippen MR) is 84.3 cm³/mol. The van der Waals surface area contributed by atoms with Crippen molar-refractivity contribution in [1.82, 2.24) is 9.38 Å². The van der Waals surface area contributed by atoms with Crippen LogP contribution in [0.4, 0.5) is 5.69 Å². The van der Waals surface area contributed by atoms with Crippen molar-refractivity contribution >= 4 is 17.3 Å². The number of hydrogen-bond acceptors (Lipinski definition) is 3. The number of aromatic carboxylic acids is 1. The van der Waals surface area contributed by atoms with E-state index in [0.29, 0.717) is 17.8 Å². The number of nitrogens with zero attached hydrogens (tertiary/aromatic N) is 3. The van der Waals surface area contributed by atoms with E-state index in [0.717, 1.165) is 31.6 Å². The van der Waals surface area contributed by atoms with Crippen molar-refractivity contribution in [2.45, 2.75) is 40.0 Å². The molecule has 0 unspecified atom stereocenters. The molecule has 0 amide bonds. The van der Waals surface area contributed by atoms with Crippen LogP contribution in [0.3, 0.4) is 0 Å². The summed E-state index contributed by atoms with van der Waals surface area (Å²) in [5, 5.41) is 9.45. The number of rotatable bonds is 7.